The van der Waals surface area contributed by atoms with Gasteiger partial charge in [0, 0.05) is 23.5 Å². The zero-order chi connectivity index (χ0) is 21.1. The fraction of sp³-hybridized carbons (Fsp3) is 0. The van der Waals surface area contributed by atoms with Crippen molar-refractivity contribution in [3.05, 3.63) is 69.9 Å². The molecular weight excluding hydrogens is 453 g/mol. The Balaban J connectivity index is 1.47. The Kier molecular flexibility index (Phi) is 6.18. The van der Waals surface area contributed by atoms with Crippen LogP contribution in [0.15, 0.2) is 70.7 Å². The van der Waals surface area contributed by atoms with Crippen LogP contribution in [0.2, 0.25) is 0 Å². The average molecular weight is 469 g/mol. The van der Waals surface area contributed by atoms with Crippen LogP contribution in [0, 0.1) is 9.28 Å². The predicted octanol–water partition coefficient (Wildman–Crippen LogP) is 6.32. The van der Waals surface area contributed by atoms with Crippen LogP contribution in [0.25, 0.3) is 11.1 Å². The van der Waals surface area contributed by atoms with Gasteiger partial charge in [-0.05, 0) is 35.4 Å². The number of hydrogen-bond acceptors (Lipinski definition) is 8. The van der Waals surface area contributed by atoms with Crippen molar-refractivity contribution in [2.75, 3.05) is 10.6 Å². The third-order valence-electron chi connectivity index (χ3n) is 4.08. The van der Waals surface area contributed by atoms with Crippen LogP contribution >= 0.6 is 49.7 Å². The summed E-state index contributed by atoms with van der Waals surface area (Å²) in [5.41, 5.74) is 3.96. The van der Waals surface area contributed by atoms with E-state index in [-0.39, 0.29) is 0 Å². The van der Waals surface area contributed by atoms with Crippen LogP contribution in [-0.2, 0) is 0 Å². The van der Waals surface area contributed by atoms with Gasteiger partial charge in [0.1, 0.15) is 9.28 Å². The Morgan fingerprint density at radius 1 is 0.633 bits per heavy atom. The number of nitrogens with one attached hydrogen (secondary N) is 4. The van der Waals surface area contributed by atoms with Crippen LogP contribution in [-0.4, -0.2) is 19.9 Å². The molecule has 2 aromatic heterocycles. The molecule has 0 atom stereocenters. The van der Waals surface area contributed by atoms with Gasteiger partial charge in [0.25, 0.3) is 0 Å². The van der Waals surface area contributed by atoms with Gasteiger partial charge in [0.2, 0.25) is 11.9 Å². The van der Waals surface area contributed by atoms with Gasteiger partial charge < -0.3 is 20.6 Å². The quantitative estimate of drug-likeness (QED) is 0.117. The van der Waals surface area contributed by atoms with Crippen molar-refractivity contribution in [2.45, 2.75) is 10.1 Å². The number of hydrogen-bond donors (Lipinski definition) is 6. The lowest BCUT2D eigenvalue weighted by molar-refractivity contribution is 1.05. The topological polar surface area (TPSA) is 81.4 Å². The number of nitrogens with zero attached hydrogens (tertiary/aromatic N) is 2. The Labute approximate surface area is 194 Å². The van der Waals surface area contributed by atoms with E-state index < -0.39 is 0 Å². The fourth-order valence-electron chi connectivity index (χ4n) is 2.77. The van der Waals surface area contributed by atoms with Crippen LogP contribution in [0.5, 0.6) is 0 Å². The molecule has 10 heteroatoms. The lowest BCUT2D eigenvalue weighted by atomic mass is 10.1. The van der Waals surface area contributed by atoms with Crippen molar-refractivity contribution in [3.8, 4) is 11.1 Å². The monoisotopic (exact) mass is 468 g/mol. The molecule has 0 aliphatic heterocycles. The highest BCUT2D eigenvalue weighted by atomic mass is 32.1. The fourth-order valence-corrected chi connectivity index (χ4v) is 3.82. The number of aromatic nitrogens is 4. The first kappa shape index (κ1) is 20.6. The van der Waals surface area contributed by atoms with Gasteiger partial charge in [0.15, 0.2) is 0 Å². The summed E-state index contributed by atoms with van der Waals surface area (Å²) in [6.45, 7) is 0. The van der Waals surface area contributed by atoms with Crippen LogP contribution in [0.1, 0.15) is 0 Å². The van der Waals surface area contributed by atoms with Gasteiger partial charge >= 0.3 is 0 Å². The SMILES string of the molecule is S=c1cc(S)nc(Nc2ccc(-c3ccc(Nc4nc(S)cc(=S)[nH]4)cc3)cc2)[nH]1. The first-order chi connectivity index (χ1) is 14.4. The summed E-state index contributed by atoms with van der Waals surface area (Å²) in [4.78, 5) is 14.5. The number of aromatic amines is 2. The van der Waals surface area contributed by atoms with E-state index in [1.54, 1.807) is 12.1 Å². The van der Waals surface area contributed by atoms with E-state index in [0.717, 1.165) is 22.5 Å². The minimum atomic E-state index is 0.550. The standard InChI is InChI=1S/C20H16N6S4/c27-15-9-16(28)24-19(23-15)21-13-5-1-11(2-6-13)12-3-7-14(8-4-12)22-20-25-17(29)10-18(30)26-20/h1-10H,(H3,21,23,24,27,28)(H3,22,25,26,29,30). The van der Waals surface area contributed by atoms with Gasteiger partial charge in [-0.3, -0.25) is 0 Å². The summed E-state index contributed by atoms with van der Waals surface area (Å²) in [7, 11) is 0. The summed E-state index contributed by atoms with van der Waals surface area (Å²) in [6, 6.07) is 19.4. The molecule has 150 valence electrons. The molecule has 0 spiro atoms. The van der Waals surface area contributed by atoms with Crippen molar-refractivity contribution >= 4 is 73.0 Å². The highest BCUT2D eigenvalue weighted by Gasteiger charge is 2.03. The van der Waals surface area contributed by atoms with Crippen LogP contribution < -0.4 is 10.6 Å². The maximum absolute atomic E-state index is 5.15. The number of rotatable bonds is 5. The van der Waals surface area contributed by atoms with Crippen LogP contribution in [0.3, 0.4) is 0 Å². The van der Waals surface area contributed by atoms with E-state index in [0.29, 0.717) is 31.2 Å². The second-order valence-corrected chi connectivity index (χ2v) is 8.11. The van der Waals surface area contributed by atoms with Gasteiger partial charge in [0.05, 0.1) is 10.1 Å². The molecule has 4 N–H and O–H groups in total. The second-order valence-electron chi connectivity index (χ2n) is 6.31. The second kappa shape index (κ2) is 9.00. The molecule has 4 rings (SSSR count). The lowest BCUT2D eigenvalue weighted by Crippen LogP contribution is -1.98. The molecular formula is C20H16N6S4. The van der Waals surface area contributed by atoms with Gasteiger partial charge in [-0.15, -0.1) is 25.3 Å². The highest BCUT2D eigenvalue weighted by molar-refractivity contribution is 7.80. The van der Waals surface area contributed by atoms with E-state index >= 15 is 0 Å². The van der Waals surface area contributed by atoms with E-state index in [2.05, 4.69) is 55.8 Å². The Hall–Kier alpha value is -2.66. The minimum absolute atomic E-state index is 0.550. The summed E-state index contributed by atoms with van der Waals surface area (Å²) in [5.74, 6) is 1.10. The molecule has 2 aromatic carbocycles. The minimum Gasteiger partial charge on any atom is -0.326 e. The summed E-state index contributed by atoms with van der Waals surface area (Å²) in [6.07, 6.45) is 0. The molecule has 6 nitrogen and oxygen atoms in total. The van der Waals surface area contributed by atoms with Gasteiger partial charge in [-0.1, -0.05) is 48.7 Å². The molecule has 0 radical (unpaired) electrons. The van der Waals surface area contributed by atoms with Crippen molar-refractivity contribution in [1.29, 1.82) is 0 Å². The van der Waals surface area contributed by atoms with E-state index in [4.69, 9.17) is 24.4 Å². The van der Waals surface area contributed by atoms with Crippen molar-refractivity contribution in [2.24, 2.45) is 0 Å². The van der Waals surface area contributed by atoms with Crippen molar-refractivity contribution in [1.82, 2.24) is 19.9 Å². The van der Waals surface area contributed by atoms with E-state index in [1.165, 1.54) is 0 Å². The Bertz CT molecular complexity index is 1190. The third-order valence-corrected chi connectivity index (χ3v) is 4.98. The highest BCUT2D eigenvalue weighted by Crippen LogP contribution is 2.25. The number of H-pyrrole nitrogens is 2. The molecule has 0 saturated heterocycles. The molecule has 0 aliphatic carbocycles. The largest absolute Gasteiger partial charge is 0.326 e. The zero-order valence-corrected chi connectivity index (χ0v) is 18.8. The normalized spacial score (nSPS) is 10.6. The van der Waals surface area contributed by atoms with Crippen LogP contribution in [0.4, 0.5) is 23.3 Å². The molecule has 0 fully saturated rings. The molecule has 0 saturated carbocycles. The molecule has 0 amide bonds. The van der Waals surface area contributed by atoms with Crippen molar-refractivity contribution in [3.63, 3.8) is 0 Å². The molecule has 2 heterocycles. The molecule has 0 unspecified atom stereocenters. The zero-order valence-electron chi connectivity index (χ0n) is 15.4. The Morgan fingerprint density at radius 3 is 1.33 bits per heavy atom. The molecule has 0 aliphatic rings. The summed E-state index contributed by atoms with van der Waals surface area (Å²) < 4.78 is 1.14. The maximum atomic E-state index is 5.15. The number of anilines is 4. The number of benzene rings is 2. The molecule has 0 bridgehead atoms. The maximum Gasteiger partial charge on any atom is 0.206 e. The number of thiol groups is 2. The smallest absolute Gasteiger partial charge is 0.206 e. The van der Waals surface area contributed by atoms with Gasteiger partial charge in [-0.25, -0.2) is 9.97 Å². The predicted molar refractivity (Wildman–Crippen MR) is 132 cm³/mol. The van der Waals surface area contributed by atoms with Crippen molar-refractivity contribution < 1.29 is 0 Å². The summed E-state index contributed by atoms with van der Waals surface area (Å²) in [5, 5.41) is 7.50. The van der Waals surface area contributed by atoms with E-state index in [1.807, 2.05) is 48.5 Å². The van der Waals surface area contributed by atoms with Gasteiger partial charge in [-0.2, -0.15) is 0 Å². The Morgan fingerprint density at radius 2 is 1.00 bits per heavy atom. The lowest BCUT2D eigenvalue weighted by Gasteiger charge is -2.09. The molecule has 30 heavy (non-hydrogen) atoms. The molecule has 4 aromatic rings. The third kappa shape index (κ3) is 5.28. The average Bonchev–Trinajstić information content (AvgIpc) is 2.68. The first-order valence-electron chi connectivity index (χ1n) is 8.80. The van der Waals surface area contributed by atoms with E-state index in [9.17, 15) is 0 Å². The first-order valence-corrected chi connectivity index (χ1v) is 10.5. The summed E-state index contributed by atoms with van der Waals surface area (Å²) >= 11 is 18.8.